The molecule has 1 aromatic rings. The van der Waals surface area contributed by atoms with Gasteiger partial charge in [0.2, 0.25) is 0 Å². The summed E-state index contributed by atoms with van der Waals surface area (Å²) >= 11 is 0. The van der Waals surface area contributed by atoms with Crippen LogP contribution in [0.15, 0.2) is 12.1 Å². The molecular weight excluding hydrogens is 288 g/mol. The van der Waals surface area contributed by atoms with Crippen LogP contribution in [0, 0.1) is 11.3 Å². The summed E-state index contributed by atoms with van der Waals surface area (Å²) < 4.78 is 0. The van der Waals surface area contributed by atoms with Crippen molar-refractivity contribution in [3.05, 3.63) is 28.8 Å². The number of hydrogen-bond donors (Lipinski definition) is 2. The van der Waals surface area contributed by atoms with Crippen LogP contribution in [-0.2, 0) is 10.2 Å². The number of ketones is 1. The van der Waals surface area contributed by atoms with Crippen molar-refractivity contribution in [3.8, 4) is 5.75 Å². The Kier molecular flexibility index (Phi) is 3.64. The van der Waals surface area contributed by atoms with E-state index in [0.717, 1.165) is 30.4 Å². The molecule has 1 fully saturated rings. The number of phenolic OH excluding ortho intramolecular Hbond substituents is 1. The molecule has 2 aliphatic rings. The summed E-state index contributed by atoms with van der Waals surface area (Å²) in [5.74, 6) is 0.181. The molecule has 126 valence electrons. The standard InChI is InChI=1S/C20H28O3/c1-11(2)12-9-13-14(10-15(12)21)20(5)8-6-7-19(3,4)18(20)17(23)16(13)22/h9-11,16,18,21-22H,6-8H2,1-5H3/t16?,18-,20+/m0/s1. The van der Waals surface area contributed by atoms with Crippen LogP contribution in [0.4, 0.5) is 0 Å². The molecule has 3 heteroatoms. The average Bonchev–Trinajstić information content (AvgIpc) is 2.43. The van der Waals surface area contributed by atoms with Gasteiger partial charge in [0.15, 0.2) is 5.78 Å². The van der Waals surface area contributed by atoms with E-state index in [1.165, 1.54) is 0 Å². The first-order chi connectivity index (χ1) is 10.6. The Morgan fingerprint density at radius 2 is 1.83 bits per heavy atom. The van der Waals surface area contributed by atoms with Crippen molar-refractivity contribution in [2.75, 3.05) is 0 Å². The number of Topliss-reactive ketones (excluding diaryl/α,β-unsaturated/α-hetero) is 1. The third-order valence-corrected chi connectivity index (χ3v) is 6.22. The van der Waals surface area contributed by atoms with E-state index in [4.69, 9.17) is 0 Å². The Morgan fingerprint density at radius 3 is 2.43 bits per heavy atom. The summed E-state index contributed by atoms with van der Waals surface area (Å²) in [5, 5.41) is 21.1. The van der Waals surface area contributed by atoms with Crippen LogP contribution >= 0.6 is 0 Å². The van der Waals surface area contributed by atoms with Gasteiger partial charge < -0.3 is 10.2 Å². The van der Waals surface area contributed by atoms with E-state index < -0.39 is 6.10 Å². The number of aromatic hydroxyl groups is 1. The van der Waals surface area contributed by atoms with Crippen molar-refractivity contribution in [3.63, 3.8) is 0 Å². The molecule has 2 aliphatic carbocycles. The lowest BCUT2D eigenvalue weighted by atomic mass is 9.49. The minimum atomic E-state index is -1.07. The van der Waals surface area contributed by atoms with Gasteiger partial charge in [0.05, 0.1) is 0 Å². The molecule has 3 atom stereocenters. The fourth-order valence-corrected chi connectivity index (χ4v) is 5.17. The Bertz CT molecular complexity index is 659. The van der Waals surface area contributed by atoms with Crippen molar-refractivity contribution in [2.24, 2.45) is 11.3 Å². The van der Waals surface area contributed by atoms with E-state index in [1.807, 2.05) is 26.0 Å². The number of phenols is 1. The van der Waals surface area contributed by atoms with Crippen LogP contribution in [0.2, 0.25) is 0 Å². The highest BCUT2D eigenvalue weighted by Gasteiger charge is 2.56. The molecule has 0 aromatic heterocycles. The van der Waals surface area contributed by atoms with Crippen molar-refractivity contribution < 1.29 is 15.0 Å². The van der Waals surface area contributed by atoms with Crippen LogP contribution in [0.5, 0.6) is 5.75 Å². The molecule has 0 spiro atoms. The van der Waals surface area contributed by atoms with Crippen LogP contribution in [0.3, 0.4) is 0 Å². The number of aliphatic hydroxyl groups excluding tert-OH is 1. The number of fused-ring (bicyclic) bond motifs is 3. The highest BCUT2D eigenvalue weighted by atomic mass is 16.3. The summed E-state index contributed by atoms with van der Waals surface area (Å²) in [7, 11) is 0. The van der Waals surface area contributed by atoms with Crippen molar-refractivity contribution in [1.29, 1.82) is 0 Å². The maximum atomic E-state index is 13.0. The normalized spacial score (nSPS) is 32.6. The summed E-state index contributed by atoms with van der Waals surface area (Å²) in [4.78, 5) is 13.0. The molecule has 1 aromatic carbocycles. The smallest absolute Gasteiger partial charge is 0.170 e. The number of hydrogen-bond acceptors (Lipinski definition) is 3. The predicted molar refractivity (Wildman–Crippen MR) is 90.6 cm³/mol. The van der Waals surface area contributed by atoms with Crippen molar-refractivity contribution in [1.82, 2.24) is 0 Å². The lowest BCUT2D eigenvalue weighted by Crippen LogP contribution is -2.54. The predicted octanol–water partition coefficient (Wildman–Crippen LogP) is 4.22. The zero-order valence-electron chi connectivity index (χ0n) is 14.8. The van der Waals surface area contributed by atoms with Gasteiger partial charge in [-0.1, -0.05) is 41.0 Å². The monoisotopic (exact) mass is 316 g/mol. The van der Waals surface area contributed by atoms with E-state index in [0.29, 0.717) is 5.56 Å². The summed E-state index contributed by atoms with van der Waals surface area (Å²) in [6.07, 6.45) is 1.91. The Hall–Kier alpha value is -1.35. The second-order valence-electron chi connectivity index (χ2n) is 8.65. The van der Waals surface area contributed by atoms with Gasteiger partial charge in [0.25, 0.3) is 0 Å². The van der Waals surface area contributed by atoms with Crippen molar-refractivity contribution in [2.45, 2.75) is 71.3 Å². The van der Waals surface area contributed by atoms with Crippen LogP contribution in [0.1, 0.15) is 82.6 Å². The van der Waals surface area contributed by atoms with Gasteiger partial charge in [0.1, 0.15) is 11.9 Å². The van der Waals surface area contributed by atoms with Gasteiger partial charge in [-0.25, -0.2) is 0 Å². The first-order valence-corrected chi connectivity index (χ1v) is 8.68. The molecular formula is C20H28O3. The topological polar surface area (TPSA) is 57.5 Å². The molecule has 3 nitrogen and oxygen atoms in total. The van der Waals surface area contributed by atoms with Crippen LogP contribution in [0.25, 0.3) is 0 Å². The lowest BCUT2D eigenvalue weighted by molar-refractivity contribution is -0.143. The Morgan fingerprint density at radius 1 is 1.17 bits per heavy atom. The number of aliphatic hydroxyl groups is 1. The molecule has 3 rings (SSSR count). The maximum absolute atomic E-state index is 13.0. The third-order valence-electron chi connectivity index (χ3n) is 6.22. The molecule has 23 heavy (non-hydrogen) atoms. The van der Waals surface area contributed by atoms with Crippen LogP contribution < -0.4 is 0 Å². The van der Waals surface area contributed by atoms with Gasteiger partial charge in [-0.2, -0.15) is 0 Å². The lowest BCUT2D eigenvalue weighted by Gasteiger charge is -2.54. The van der Waals surface area contributed by atoms with Gasteiger partial charge in [-0.3, -0.25) is 4.79 Å². The molecule has 0 saturated heterocycles. The quantitative estimate of drug-likeness (QED) is 0.815. The van der Waals surface area contributed by atoms with Gasteiger partial charge >= 0.3 is 0 Å². The average molecular weight is 316 g/mol. The molecule has 2 N–H and O–H groups in total. The minimum absolute atomic E-state index is 0.0508. The molecule has 0 aliphatic heterocycles. The molecule has 1 saturated carbocycles. The molecule has 0 heterocycles. The number of carbonyl (C=O) groups excluding carboxylic acids is 1. The first-order valence-electron chi connectivity index (χ1n) is 8.68. The molecule has 0 bridgehead atoms. The van der Waals surface area contributed by atoms with Gasteiger partial charge in [-0.05, 0) is 53.0 Å². The summed E-state index contributed by atoms with van der Waals surface area (Å²) in [6, 6.07) is 3.66. The number of benzene rings is 1. The maximum Gasteiger partial charge on any atom is 0.170 e. The summed E-state index contributed by atoms with van der Waals surface area (Å²) in [5.41, 5.74) is 2.03. The van der Waals surface area contributed by atoms with E-state index in [9.17, 15) is 15.0 Å². The zero-order valence-corrected chi connectivity index (χ0v) is 14.8. The Labute approximate surface area is 138 Å². The first kappa shape index (κ1) is 16.5. The highest BCUT2D eigenvalue weighted by molar-refractivity contribution is 5.91. The second kappa shape index (κ2) is 5.07. The van der Waals surface area contributed by atoms with Crippen molar-refractivity contribution >= 4 is 5.78 Å². The van der Waals surface area contributed by atoms with E-state index >= 15 is 0 Å². The number of rotatable bonds is 1. The number of carbonyl (C=O) groups is 1. The second-order valence-corrected chi connectivity index (χ2v) is 8.65. The SMILES string of the molecule is CC(C)c1cc2c(cc1O)[C@@]1(C)CCCC(C)(C)[C@@H]1C(=O)C2O. The highest BCUT2D eigenvalue weighted by Crippen LogP contribution is 2.58. The van der Waals surface area contributed by atoms with Crippen LogP contribution in [-0.4, -0.2) is 16.0 Å². The zero-order chi connectivity index (χ0) is 17.2. The van der Waals surface area contributed by atoms with Gasteiger partial charge in [0, 0.05) is 11.3 Å². The Balaban J connectivity index is 2.26. The van der Waals surface area contributed by atoms with E-state index in [1.54, 1.807) is 0 Å². The van der Waals surface area contributed by atoms with E-state index in [2.05, 4.69) is 20.8 Å². The minimum Gasteiger partial charge on any atom is -0.508 e. The summed E-state index contributed by atoms with van der Waals surface area (Å²) in [6.45, 7) is 10.4. The largest absolute Gasteiger partial charge is 0.508 e. The fourth-order valence-electron chi connectivity index (χ4n) is 5.17. The molecule has 1 unspecified atom stereocenters. The van der Waals surface area contributed by atoms with Gasteiger partial charge in [-0.15, -0.1) is 0 Å². The fraction of sp³-hybridized carbons (Fsp3) is 0.650. The molecule has 0 amide bonds. The molecule has 0 radical (unpaired) electrons. The third kappa shape index (κ3) is 2.24. The van der Waals surface area contributed by atoms with E-state index in [-0.39, 0.29) is 34.2 Å².